The van der Waals surface area contributed by atoms with Crippen LogP contribution in [-0.2, 0) is 4.74 Å². The van der Waals surface area contributed by atoms with E-state index in [1.165, 1.54) is 18.2 Å². The van der Waals surface area contributed by atoms with Crippen LogP contribution in [0, 0.1) is 0 Å². The molecule has 2 heterocycles. The largest absolute Gasteiger partial charge is 0.453 e. The summed E-state index contributed by atoms with van der Waals surface area (Å²) >= 11 is 1.71. The third kappa shape index (κ3) is 3.13. The van der Waals surface area contributed by atoms with Crippen molar-refractivity contribution in [1.29, 1.82) is 0 Å². The van der Waals surface area contributed by atoms with Crippen LogP contribution in [0.1, 0.15) is 17.2 Å². The van der Waals surface area contributed by atoms with Crippen molar-refractivity contribution >= 4 is 23.5 Å². The van der Waals surface area contributed by atoms with Crippen LogP contribution in [0.2, 0.25) is 0 Å². The molecule has 1 aliphatic carbocycles. The van der Waals surface area contributed by atoms with Crippen LogP contribution in [0.15, 0.2) is 84.1 Å². The monoisotopic (exact) mass is 415 g/mol. The van der Waals surface area contributed by atoms with Gasteiger partial charge in [0.1, 0.15) is 5.65 Å². The molecule has 1 aliphatic rings. The quantitative estimate of drug-likeness (QED) is 0.417. The van der Waals surface area contributed by atoms with Crippen molar-refractivity contribution < 1.29 is 9.53 Å². The average molecular weight is 416 g/mol. The van der Waals surface area contributed by atoms with Crippen LogP contribution < -0.4 is 0 Å². The molecule has 0 saturated carbocycles. The lowest BCUT2D eigenvalue weighted by Crippen LogP contribution is -2.36. The molecule has 1 amide bonds. The van der Waals surface area contributed by atoms with E-state index in [0.29, 0.717) is 6.54 Å². The second kappa shape index (κ2) is 7.88. The first-order valence-corrected chi connectivity index (χ1v) is 10.8. The van der Waals surface area contributed by atoms with Crippen molar-refractivity contribution in [2.45, 2.75) is 11.1 Å². The van der Waals surface area contributed by atoms with Gasteiger partial charge in [0.05, 0.1) is 18.2 Å². The summed E-state index contributed by atoms with van der Waals surface area (Å²) in [5, 5.41) is 1.10. The third-order valence-corrected chi connectivity index (χ3v) is 6.51. The van der Waals surface area contributed by atoms with Gasteiger partial charge in [0, 0.05) is 24.7 Å². The maximum absolute atomic E-state index is 12.8. The highest BCUT2D eigenvalue weighted by atomic mass is 32.2. The number of aromatic nitrogens is 2. The summed E-state index contributed by atoms with van der Waals surface area (Å²) in [6.45, 7) is 0.565. The zero-order valence-electron chi connectivity index (χ0n) is 16.6. The van der Waals surface area contributed by atoms with Crippen LogP contribution in [0.4, 0.5) is 4.79 Å². The van der Waals surface area contributed by atoms with Gasteiger partial charge in [-0.25, -0.2) is 9.78 Å². The molecule has 5 rings (SSSR count). The van der Waals surface area contributed by atoms with Gasteiger partial charge in [0.25, 0.3) is 0 Å². The maximum Gasteiger partial charge on any atom is 0.410 e. The number of hydrogen-bond donors (Lipinski definition) is 0. The first-order chi connectivity index (χ1) is 14.8. The van der Waals surface area contributed by atoms with Crippen LogP contribution in [0.5, 0.6) is 0 Å². The fraction of sp³-hybridized carbons (Fsp3) is 0.167. The number of thioether (sulfide) groups is 1. The van der Waals surface area contributed by atoms with Crippen molar-refractivity contribution in [3.63, 3.8) is 0 Å². The first-order valence-electron chi connectivity index (χ1n) is 9.85. The fourth-order valence-corrected chi connectivity index (χ4v) is 5.16. The Balaban J connectivity index is 1.44. The van der Waals surface area contributed by atoms with Crippen LogP contribution in [0.3, 0.4) is 0 Å². The highest BCUT2D eigenvalue weighted by Crippen LogP contribution is 2.46. The molecule has 6 heteroatoms. The zero-order valence-corrected chi connectivity index (χ0v) is 17.4. The lowest BCUT2D eigenvalue weighted by Gasteiger charge is -2.29. The zero-order chi connectivity index (χ0) is 20.5. The van der Waals surface area contributed by atoms with Gasteiger partial charge in [-0.2, -0.15) is 0 Å². The number of rotatable bonds is 5. The molecule has 150 valence electrons. The minimum absolute atomic E-state index is 0.144. The molecule has 0 N–H and O–H groups in total. The third-order valence-electron chi connectivity index (χ3n) is 5.49. The number of methoxy groups -OCH3 is 1. The van der Waals surface area contributed by atoms with Crippen LogP contribution in [0.25, 0.3) is 16.8 Å². The Morgan fingerprint density at radius 2 is 1.73 bits per heavy atom. The average Bonchev–Trinajstić information content (AvgIpc) is 3.40. The van der Waals surface area contributed by atoms with Crippen molar-refractivity contribution in [2.24, 2.45) is 0 Å². The van der Waals surface area contributed by atoms with Crippen LogP contribution >= 0.6 is 11.8 Å². The standard InChI is InChI=1S/C24H21N3O2S/c1-29-24(28)27(15-16-30-22-12-6-11-21-25-13-14-26(21)22)23-19-9-4-2-7-17(19)18-8-3-5-10-20(18)23/h2-14,23H,15-16H2,1H3. The Morgan fingerprint density at radius 3 is 2.43 bits per heavy atom. The van der Waals surface area contributed by atoms with E-state index < -0.39 is 0 Å². The Bertz CT molecular complexity index is 1170. The summed E-state index contributed by atoms with van der Waals surface area (Å²) in [6.07, 6.45) is 3.44. The molecule has 0 spiro atoms. The predicted molar refractivity (Wildman–Crippen MR) is 119 cm³/mol. The van der Waals surface area contributed by atoms with Gasteiger partial charge in [-0.3, -0.25) is 9.30 Å². The predicted octanol–water partition coefficient (Wildman–Crippen LogP) is 5.26. The van der Waals surface area contributed by atoms with Crippen molar-refractivity contribution in [2.75, 3.05) is 19.4 Å². The summed E-state index contributed by atoms with van der Waals surface area (Å²) in [5.74, 6) is 0.743. The molecule has 0 radical (unpaired) electrons. The number of pyridine rings is 1. The molecule has 0 saturated heterocycles. The summed E-state index contributed by atoms with van der Waals surface area (Å²) in [5.41, 5.74) is 5.57. The maximum atomic E-state index is 12.8. The molecule has 2 aromatic carbocycles. The van der Waals surface area contributed by atoms with Crippen LogP contribution in [-0.4, -0.2) is 39.8 Å². The van der Waals surface area contributed by atoms with Crippen molar-refractivity contribution in [1.82, 2.24) is 14.3 Å². The summed E-state index contributed by atoms with van der Waals surface area (Å²) < 4.78 is 7.24. The summed E-state index contributed by atoms with van der Waals surface area (Å²) in [6, 6.07) is 22.5. The normalized spacial score (nSPS) is 12.6. The van der Waals surface area contributed by atoms with E-state index in [0.717, 1.165) is 27.6 Å². The molecular formula is C24H21N3O2S. The summed E-state index contributed by atoms with van der Waals surface area (Å²) in [7, 11) is 1.45. The number of fused-ring (bicyclic) bond motifs is 4. The van der Waals surface area contributed by atoms with E-state index in [9.17, 15) is 4.79 Å². The van der Waals surface area contributed by atoms with E-state index in [1.807, 2.05) is 47.5 Å². The number of ether oxygens (including phenoxy) is 1. The minimum atomic E-state index is -0.312. The molecule has 0 fully saturated rings. The van der Waals surface area contributed by atoms with Crippen molar-refractivity contribution in [3.8, 4) is 11.1 Å². The highest BCUT2D eigenvalue weighted by Gasteiger charge is 2.35. The number of nitrogens with zero attached hydrogens (tertiary/aromatic N) is 3. The number of benzene rings is 2. The molecule has 0 atom stereocenters. The smallest absolute Gasteiger partial charge is 0.410 e. The van der Waals surface area contributed by atoms with Gasteiger partial charge < -0.3 is 4.74 Å². The molecule has 0 bridgehead atoms. The molecule has 2 aromatic heterocycles. The number of hydrogen-bond acceptors (Lipinski definition) is 4. The second-order valence-electron chi connectivity index (χ2n) is 7.11. The van der Waals surface area contributed by atoms with Crippen molar-refractivity contribution in [3.05, 3.63) is 90.3 Å². The second-order valence-corrected chi connectivity index (χ2v) is 8.22. The molecule has 5 nitrogen and oxygen atoms in total. The molecule has 0 unspecified atom stereocenters. The minimum Gasteiger partial charge on any atom is -0.453 e. The number of imidazole rings is 1. The SMILES string of the molecule is COC(=O)N(CCSc1cccc2nccn12)C1c2ccccc2-c2ccccc21. The Kier molecular flexibility index (Phi) is 4.93. The molecular weight excluding hydrogens is 394 g/mol. The van der Waals surface area contributed by atoms with Gasteiger partial charge in [-0.1, -0.05) is 54.6 Å². The lowest BCUT2D eigenvalue weighted by atomic mass is 10.0. The Hall–Kier alpha value is -3.25. The number of amides is 1. The summed E-state index contributed by atoms with van der Waals surface area (Å²) in [4.78, 5) is 19.0. The Labute approximate surface area is 179 Å². The van der Waals surface area contributed by atoms with Gasteiger partial charge in [0.2, 0.25) is 0 Å². The number of carbonyl (C=O) groups is 1. The molecule has 30 heavy (non-hydrogen) atoms. The fourth-order valence-electron chi connectivity index (χ4n) is 4.20. The first kappa shape index (κ1) is 18.8. The van der Waals surface area contributed by atoms with E-state index in [1.54, 1.807) is 18.0 Å². The van der Waals surface area contributed by atoms with Gasteiger partial charge >= 0.3 is 6.09 Å². The highest BCUT2D eigenvalue weighted by molar-refractivity contribution is 7.99. The van der Waals surface area contributed by atoms with E-state index in [4.69, 9.17) is 4.74 Å². The number of carbonyl (C=O) groups excluding carboxylic acids is 1. The van der Waals surface area contributed by atoms with E-state index >= 15 is 0 Å². The van der Waals surface area contributed by atoms with E-state index in [2.05, 4.69) is 39.7 Å². The van der Waals surface area contributed by atoms with Gasteiger partial charge in [-0.15, -0.1) is 11.8 Å². The topological polar surface area (TPSA) is 46.8 Å². The van der Waals surface area contributed by atoms with Gasteiger partial charge in [-0.05, 0) is 34.4 Å². The molecule has 0 aliphatic heterocycles. The Morgan fingerprint density at radius 1 is 1.03 bits per heavy atom. The van der Waals surface area contributed by atoms with Gasteiger partial charge in [0.15, 0.2) is 0 Å². The van der Waals surface area contributed by atoms with E-state index in [-0.39, 0.29) is 12.1 Å². The lowest BCUT2D eigenvalue weighted by molar-refractivity contribution is 0.115. The molecule has 4 aromatic rings.